The van der Waals surface area contributed by atoms with Crippen molar-refractivity contribution in [3.63, 3.8) is 0 Å². The van der Waals surface area contributed by atoms with Crippen LogP contribution in [0.4, 0.5) is 4.39 Å². The summed E-state index contributed by atoms with van der Waals surface area (Å²) in [5, 5.41) is 17.8. The molecule has 0 radical (unpaired) electrons. The fourth-order valence-electron chi connectivity index (χ4n) is 2.97. The first kappa shape index (κ1) is 20.7. The normalized spacial score (nSPS) is 12.7. The van der Waals surface area contributed by atoms with E-state index in [1.165, 1.54) is 35.2 Å². The Morgan fingerprint density at radius 1 is 1.17 bits per heavy atom. The molecule has 0 bridgehead atoms. The van der Waals surface area contributed by atoms with Crippen LogP contribution in [-0.2, 0) is 6.42 Å². The van der Waals surface area contributed by atoms with Crippen LogP contribution in [0.2, 0.25) is 0 Å². The monoisotopic (exact) mass is 398 g/mol. The summed E-state index contributed by atoms with van der Waals surface area (Å²) < 4.78 is 18.4. The lowest BCUT2D eigenvalue weighted by Crippen LogP contribution is -2.39. The number of aromatic amines is 1. The number of H-pyrrole nitrogens is 1. The molecule has 1 aromatic heterocycles. The van der Waals surface area contributed by atoms with Crippen molar-refractivity contribution in [3.8, 4) is 5.75 Å². The molecule has 0 saturated carbocycles. The summed E-state index contributed by atoms with van der Waals surface area (Å²) in [6, 6.07) is 13.9. The predicted octanol–water partition coefficient (Wildman–Crippen LogP) is 2.84. The predicted molar refractivity (Wildman–Crippen MR) is 114 cm³/mol. The number of fused-ring (bicyclic) bond motifs is 1. The molecular weight excluding hydrogens is 371 g/mol. The molecule has 0 saturated heterocycles. The zero-order valence-electron chi connectivity index (χ0n) is 16.5. The molecule has 6 nitrogen and oxygen atoms in total. The second-order valence-electron chi connectivity index (χ2n) is 6.67. The van der Waals surface area contributed by atoms with Gasteiger partial charge in [-0.3, -0.25) is 4.99 Å². The molecule has 1 heterocycles. The topological polar surface area (TPSA) is 81.7 Å². The zero-order chi connectivity index (χ0) is 20.5. The van der Waals surface area contributed by atoms with E-state index >= 15 is 0 Å². The van der Waals surface area contributed by atoms with Crippen LogP contribution >= 0.6 is 0 Å². The minimum absolute atomic E-state index is 0.0872. The number of nitrogens with zero attached hydrogens (tertiary/aromatic N) is 1. The minimum Gasteiger partial charge on any atom is -0.491 e. The minimum atomic E-state index is -0.760. The summed E-state index contributed by atoms with van der Waals surface area (Å²) in [6.07, 6.45) is 2.13. The summed E-state index contributed by atoms with van der Waals surface area (Å²) in [6.45, 7) is 3.72. The van der Waals surface area contributed by atoms with Gasteiger partial charge >= 0.3 is 0 Å². The number of para-hydroxylation sites is 1. The first-order valence-electron chi connectivity index (χ1n) is 9.79. The van der Waals surface area contributed by atoms with Gasteiger partial charge in [0.2, 0.25) is 0 Å². The number of aliphatic hydroxyl groups is 1. The van der Waals surface area contributed by atoms with Gasteiger partial charge in [-0.1, -0.05) is 18.2 Å². The first-order chi connectivity index (χ1) is 14.2. The highest BCUT2D eigenvalue weighted by Crippen LogP contribution is 2.17. The molecule has 0 aliphatic carbocycles. The van der Waals surface area contributed by atoms with Gasteiger partial charge in [0.25, 0.3) is 0 Å². The molecular formula is C22H27FN4O2. The van der Waals surface area contributed by atoms with E-state index in [2.05, 4.69) is 32.7 Å². The lowest BCUT2D eigenvalue weighted by Gasteiger charge is -2.14. The van der Waals surface area contributed by atoms with Gasteiger partial charge in [-0.05, 0) is 49.2 Å². The van der Waals surface area contributed by atoms with Gasteiger partial charge in [0.15, 0.2) is 5.96 Å². The third kappa shape index (κ3) is 6.22. The van der Waals surface area contributed by atoms with Crippen LogP contribution in [0.3, 0.4) is 0 Å². The highest BCUT2D eigenvalue weighted by atomic mass is 19.1. The highest BCUT2D eigenvalue weighted by molar-refractivity contribution is 5.83. The molecule has 7 heteroatoms. The first-order valence-corrected chi connectivity index (χ1v) is 9.79. The summed E-state index contributed by atoms with van der Waals surface area (Å²) in [4.78, 5) is 7.70. The SMILES string of the molecule is CCNC(=NCC(O)COc1ccc(F)cc1)NCCc1c[nH]c2ccccc12. The Bertz CT molecular complexity index is 924. The molecule has 4 N–H and O–H groups in total. The number of guanidine groups is 1. The number of aromatic nitrogens is 1. The van der Waals surface area contributed by atoms with Crippen molar-refractivity contribution >= 4 is 16.9 Å². The van der Waals surface area contributed by atoms with E-state index in [1.54, 1.807) is 0 Å². The Balaban J connectivity index is 1.46. The van der Waals surface area contributed by atoms with Crippen molar-refractivity contribution < 1.29 is 14.2 Å². The Morgan fingerprint density at radius 2 is 1.97 bits per heavy atom. The van der Waals surface area contributed by atoms with Crippen LogP contribution in [0.5, 0.6) is 5.75 Å². The van der Waals surface area contributed by atoms with Gasteiger partial charge in [-0.15, -0.1) is 0 Å². The molecule has 29 heavy (non-hydrogen) atoms. The maximum atomic E-state index is 12.9. The average molecular weight is 398 g/mol. The fraction of sp³-hybridized carbons (Fsp3) is 0.318. The number of hydrogen-bond acceptors (Lipinski definition) is 3. The van der Waals surface area contributed by atoms with Crippen molar-refractivity contribution in [2.24, 2.45) is 4.99 Å². The summed E-state index contributed by atoms with van der Waals surface area (Å²) in [7, 11) is 0. The average Bonchev–Trinajstić information content (AvgIpc) is 3.15. The zero-order valence-corrected chi connectivity index (χ0v) is 16.5. The molecule has 0 spiro atoms. The lowest BCUT2D eigenvalue weighted by molar-refractivity contribution is 0.114. The van der Waals surface area contributed by atoms with E-state index in [0.717, 1.165) is 25.0 Å². The number of hydrogen-bond donors (Lipinski definition) is 4. The Labute approximate surface area is 169 Å². The van der Waals surface area contributed by atoms with Crippen LogP contribution in [0, 0.1) is 5.82 Å². The number of rotatable bonds is 9. The number of halogens is 1. The Morgan fingerprint density at radius 3 is 2.76 bits per heavy atom. The number of nitrogens with one attached hydrogen (secondary N) is 3. The van der Waals surface area contributed by atoms with E-state index in [4.69, 9.17) is 4.74 Å². The fourth-order valence-corrected chi connectivity index (χ4v) is 2.97. The molecule has 2 aromatic carbocycles. The van der Waals surface area contributed by atoms with E-state index in [1.807, 2.05) is 25.3 Å². The largest absolute Gasteiger partial charge is 0.491 e. The molecule has 0 amide bonds. The van der Waals surface area contributed by atoms with Gasteiger partial charge in [0, 0.05) is 30.2 Å². The summed E-state index contributed by atoms with van der Waals surface area (Å²) in [5.41, 5.74) is 2.38. The number of ether oxygens (including phenoxy) is 1. The van der Waals surface area contributed by atoms with E-state index < -0.39 is 6.10 Å². The van der Waals surface area contributed by atoms with Gasteiger partial charge in [-0.25, -0.2) is 4.39 Å². The van der Waals surface area contributed by atoms with Crippen LogP contribution in [0.1, 0.15) is 12.5 Å². The third-order valence-corrected chi connectivity index (χ3v) is 4.42. The number of aliphatic hydroxyl groups excluding tert-OH is 1. The van der Waals surface area contributed by atoms with Crippen molar-refractivity contribution in [3.05, 3.63) is 66.1 Å². The molecule has 0 aliphatic heterocycles. The van der Waals surface area contributed by atoms with Gasteiger partial charge in [0.1, 0.15) is 24.3 Å². The van der Waals surface area contributed by atoms with E-state index in [9.17, 15) is 9.50 Å². The standard InChI is InChI=1S/C22H27FN4O2/c1-2-24-22(25-12-11-16-13-26-21-6-4-3-5-20(16)21)27-14-18(28)15-29-19-9-7-17(23)8-10-19/h3-10,13,18,26,28H,2,11-12,14-15H2,1H3,(H2,24,25,27). The molecule has 3 aromatic rings. The van der Waals surface area contributed by atoms with Crippen molar-refractivity contribution in [2.45, 2.75) is 19.4 Å². The number of aliphatic imine (C=N–C) groups is 1. The van der Waals surface area contributed by atoms with Crippen LogP contribution < -0.4 is 15.4 Å². The Hall–Kier alpha value is -3.06. The van der Waals surface area contributed by atoms with Gasteiger partial charge < -0.3 is 25.5 Å². The maximum Gasteiger partial charge on any atom is 0.191 e. The third-order valence-electron chi connectivity index (χ3n) is 4.42. The van der Waals surface area contributed by atoms with Crippen molar-refractivity contribution in [1.82, 2.24) is 15.6 Å². The molecule has 3 rings (SSSR count). The van der Waals surface area contributed by atoms with Gasteiger partial charge in [-0.2, -0.15) is 0 Å². The molecule has 1 atom stereocenters. The van der Waals surface area contributed by atoms with Crippen LogP contribution in [0.15, 0.2) is 59.7 Å². The number of benzene rings is 2. The molecule has 1 unspecified atom stereocenters. The quantitative estimate of drug-likeness (QED) is 0.330. The van der Waals surface area contributed by atoms with Crippen molar-refractivity contribution in [1.29, 1.82) is 0 Å². The van der Waals surface area contributed by atoms with Gasteiger partial charge in [0.05, 0.1) is 6.54 Å². The lowest BCUT2D eigenvalue weighted by atomic mass is 10.1. The highest BCUT2D eigenvalue weighted by Gasteiger charge is 2.07. The summed E-state index contributed by atoms with van der Waals surface area (Å²) in [5.74, 6) is 0.836. The smallest absolute Gasteiger partial charge is 0.191 e. The molecule has 0 fully saturated rings. The van der Waals surface area contributed by atoms with Crippen LogP contribution in [0.25, 0.3) is 10.9 Å². The second kappa shape index (κ2) is 10.5. The van der Waals surface area contributed by atoms with Crippen molar-refractivity contribution in [2.75, 3.05) is 26.2 Å². The van der Waals surface area contributed by atoms with E-state index in [0.29, 0.717) is 11.7 Å². The van der Waals surface area contributed by atoms with Crippen LogP contribution in [-0.4, -0.2) is 48.4 Å². The molecule has 0 aliphatic rings. The molecule has 154 valence electrons. The summed E-state index contributed by atoms with van der Waals surface area (Å²) >= 11 is 0. The Kier molecular flexibility index (Phi) is 7.47. The second-order valence-corrected chi connectivity index (χ2v) is 6.67. The van der Waals surface area contributed by atoms with E-state index in [-0.39, 0.29) is 19.0 Å². The maximum absolute atomic E-state index is 12.9.